The SMILES string of the molecule is O=c1ccn2c(n1)O[C@@H]1[C@@H](OC(c3ccccc3)(c3ccccc3)c3ccccc3)[C@H]2O[C@@H]1COC(c1ccccc1)(c1ccccc1)c1ccccc1. The first kappa shape index (κ1) is 33.7. The molecule has 2 aliphatic heterocycles. The number of ether oxygens (including phenoxy) is 4. The van der Waals surface area contributed by atoms with E-state index in [0.717, 1.165) is 33.4 Å². The summed E-state index contributed by atoms with van der Waals surface area (Å²) in [6.45, 7) is 0.132. The summed E-state index contributed by atoms with van der Waals surface area (Å²) >= 11 is 0. The maximum absolute atomic E-state index is 12.5. The monoisotopic (exact) mass is 710 g/mol. The van der Waals surface area contributed by atoms with Gasteiger partial charge in [-0.1, -0.05) is 182 Å². The topological polar surface area (TPSA) is 71.8 Å². The molecule has 0 radical (unpaired) electrons. The molecular weight excluding hydrogens is 673 g/mol. The minimum absolute atomic E-state index is 0.132. The third-order valence-corrected chi connectivity index (χ3v) is 10.5. The lowest BCUT2D eigenvalue weighted by Gasteiger charge is -2.42. The van der Waals surface area contributed by atoms with Gasteiger partial charge in [0.1, 0.15) is 23.4 Å². The first-order valence-corrected chi connectivity index (χ1v) is 18.2. The molecule has 2 aliphatic rings. The number of hydrogen-bond acceptors (Lipinski definition) is 6. The second-order valence-electron chi connectivity index (χ2n) is 13.6. The Bertz CT molecular complexity index is 2170. The Morgan fingerprint density at radius 2 is 0.926 bits per heavy atom. The zero-order chi connectivity index (χ0) is 36.4. The molecule has 6 aromatic carbocycles. The summed E-state index contributed by atoms with van der Waals surface area (Å²) in [4.78, 5) is 16.8. The highest BCUT2D eigenvalue weighted by Gasteiger charge is 2.56. The fourth-order valence-corrected chi connectivity index (χ4v) is 8.04. The molecule has 2 bridgehead atoms. The van der Waals surface area contributed by atoms with E-state index >= 15 is 0 Å². The molecule has 4 atom stereocenters. The van der Waals surface area contributed by atoms with Crippen LogP contribution in [0.1, 0.15) is 39.6 Å². The standard InChI is InChI=1S/C47H38N2O5/c50-41-31-32-49-44-43(54-47(37-25-13-4-14-26-37,38-27-15-5-16-28-38)39-29-17-6-18-30-39)42(53-45(49)48-41)40(52-44)33-51-46(34-19-7-1-8-20-34,35-21-9-2-10-22-35)36-23-11-3-12-24-36/h1-32,40,42-44H,33H2/t40-,42+,43-,44-/m1/s1. The molecule has 7 nitrogen and oxygen atoms in total. The average molecular weight is 711 g/mol. The highest BCUT2D eigenvalue weighted by atomic mass is 16.7. The van der Waals surface area contributed by atoms with Crippen LogP contribution in [0.2, 0.25) is 0 Å². The van der Waals surface area contributed by atoms with Gasteiger partial charge in [-0.05, 0) is 33.4 Å². The average Bonchev–Trinajstić information content (AvgIpc) is 3.48. The zero-order valence-electron chi connectivity index (χ0n) is 29.4. The van der Waals surface area contributed by atoms with Crippen LogP contribution in [0.15, 0.2) is 199 Å². The maximum atomic E-state index is 12.5. The molecule has 3 heterocycles. The van der Waals surface area contributed by atoms with Crippen LogP contribution < -0.4 is 10.3 Å². The summed E-state index contributed by atoms with van der Waals surface area (Å²) in [6.07, 6.45) is -0.985. The number of fused-ring (bicyclic) bond motifs is 4. The van der Waals surface area contributed by atoms with Crippen molar-refractivity contribution < 1.29 is 18.9 Å². The van der Waals surface area contributed by atoms with Crippen LogP contribution in [-0.4, -0.2) is 34.5 Å². The number of nitrogens with zero attached hydrogens (tertiary/aromatic N) is 2. The van der Waals surface area contributed by atoms with E-state index in [1.165, 1.54) is 6.07 Å². The summed E-state index contributed by atoms with van der Waals surface area (Å²) in [5.74, 6) is 0. The molecule has 0 spiro atoms. The van der Waals surface area contributed by atoms with Crippen molar-refractivity contribution in [3.63, 3.8) is 0 Å². The number of hydrogen-bond donors (Lipinski definition) is 0. The van der Waals surface area contributed by atoms with E-state index in [1.54, 1.807) is 10.8 Å². The summed E-state index contributed by atoms with van der Waals surface area (Å²) in [5, 5.41) is 0. The first-order valence-electron chi connectivity index (χ1n) is 18.2. The van der Waals surface area contributed by atoms with E-state index in [0.29, 0.717) is 0 Å². The van der Waals surface area contributed by atoms with E-state index in [9.17, 15) is 4.79 Å². The van der Waals surface area contributed by atoms with Crippen molar-refractivity contribution in [3.8, 4) is 6.01 Å². The van der Waals surface area contributed by atoms with E-state index in [4.69, 9.17) is 18.9 Å². The maximum Gasteiger partial charge on any atom is 0.302 e. The Hall–Kier alpha value is -6.12. The summed E-state index contributed by atoms with van der Waals surface area (Å²) < 4.78 is 30.3. The fourth-order valence-electron chi connectivity index (χ4n) is 8.04. The highest BCUT2D eigenvalue weighted by molar-refractivity contribution is 5.49. The van der Waals surface area contributed by atoms with Crippen LogP contribution in [0.3, 0.4) is 0 Å². The van der Waals surface area contributed by atoms with E-state index < -0.39 is 41.3 Å². The minimum atomic E-state index is -1.06. The number of rotatable bonds is 11. The van der Waals surface area contributed by atoms with Gasteiger partial charge in [-0.15, -0.1) is 0 Å². The molecule has 7 aromatic rings. The van der Waals surface area contributed by atoms with Gasteiger partial charge in [0.05, 0.1) is 6.61 Å². The van der Waals surface area contributed by atoms with Crippen molar-refractivity contribution >= 4 is 0 Å². The van der Waals surface area contributed by atoms with Crippen LogP contribution in [0.25, 0.3) is 0 Å². The van der Waals surface area contributed by atoms with Gasteiger partial charge in [-0.25, -0.2) is 0 Å². The van der Waals surface area contributed by atoms with Crippen LogP contribution in [0.4, 0.5) is 0 Å². The summed E-state index contributed by atoms with van der Waals surface area (Å²) in [7, 11) is 0. The Morgan fingerprint density at radius 3 is 1.33 bits per heavy atom. The van der Waals surface area contributed by atoms with Crippen LogP contribution in [-0.2, 0) is 25.4 Å². The molecule has 0 saturated carbocycles. The van der Waals surface area contributed by atoms with Crippen LogP contribution in [0.5, 0.6) is 6.01 Å². The molecule has 1 aromatic heterocycles. The Labute approximate surface area is 314 Å². The smallest absolute Gasteiger partial charge is 0.302 e. The fraction of sp³-hybridized carbons (Fsp3) is 0.149. The van der Waals surface area contributed by atoms with Gasteiger partial charge in [-0.3, -0.25) is 9.36 Å². The molecule has 54 heavy (non-hydrogen) atoms. The Balaban J connectivity index is 1.17. The summed E-state index contributed by atoms with van der Waals surface area (Å²) in [6, 6.07) is 63.1. The van der Waals surface area contributed by atoms with E-state index in [2.05, 4.69) is 77.8 Å². The molecule has 9 rings (SSSR count). The molecule has 0 unspecified atom stereocenters. The van der Waals surface area contributed by atoms with Crippen molar-refractivity contribution in [2.45, 2.75) is 35.7 Å². The van der Waals surface area contributed by atoms with Gasteiger partial charge < -0.3 is 18.9 Å². The lowest BCUT2D eigenvalue weighted by molar-refractivity contribution is -0.136. The van der Waals surface area contributed by atoms with Crippen LogP contribution >= 0.6 is 0 Å². The number of aromatic nitrogens is 2. The molecule has 266 valence electrons. The molecule has 7 heteroatoms. The van der Waals surface area contributed by atoms with Gasteiger partial charge in [0.2, 0.25) is 0 Å². The predicted molar refractivity (Wildman–Crippen MR) is 206 cm³/mol. The highest BCUT2D eigenvalue weighted by Crippen LogP contribution is 2.49. The number of benzene rings is 6. The normalized spacial score (nSPS) is 19.1. The third-order valence-electron chi connectivity index (χ3n) is 10.5. The molecule has 1 saturated heterocycles. The second-order valence-corrected chi connectivity index (χ2v) is 13.6. The lowest BCUT2D eigenvalue weighted by atomic mass is 9.79. The molecule has 0 N–H and O–H groups in total. The Kier molecular flexibility index (Phi) is 8.97. The van der Waals surface area contributed by atoms with Crippen molar-refractivity contribution in [1.29, 1.82) is 0 Å². The van der Waals surface area contributed by atoms with Crippen molar-refractivity contribution in [2.24, 2.45) is 0 Å². The van der Waals surface area contributed by atoms with Gasteiger partial charge in [0.25, 0.3) is 5.56 Å². The molecule has 0 amide bonds. The first-order chi connectivity index (χ1) is 26.7. The van der Waals surface area contributed by atoms with E-state index in [-0.39, 0.29) is 12.6 Å². The van der Waals surface area contributed by atoms with Gasteiger partial charge in [-0.2, -0.15) is 4.98 Å². The predicted octanol–water partition coefficient (Wildman–Crippen LogP) is 8.29. The lowest BCUT2D eigenvalue weighted by Crippen LogP contribution is -2.50. The third kappa shape index (κ3) is 5.83. The zero-order valence-corrected chi connectivity index (χ0v) is 29.4. The molecule has 1 fully saturated rings. The molecule has 0 aliphatic carbocycles. The van der Waals surface area contributed by atoms with Crippen molar-refractivity contribution in [1.82, 2.24) is 9.55 Å². The van der Waals surface area contributed by atoms with Gasteiger partial charge >= 0.3 is 6.01 Å². The second kappa shape index (κ2) is 14.4. The largest absolute Gasteiger partial charge is 0.455 e. The van der Waals surface area contributed by atoms with Gasteiger partial charge in [0.15, 0.2) is 12.3 Å². The van der Waals surface area contributed by atoms with Gasteiger partial charge in [0, 0.05) is 12.3 Å². The Morgan fingerprint density at radius 1 is 0.537 bits per heavy atom. The van der Waals surface area contributed by atoms with Crippen LogP contribution in [0, 0.1) is 0 Å². The van der Waals surface area contributed by atoms with Crippen molar-refractivity contribution in [2.75, 3.05) is 6.61 Å². The summed E-state index contributed by atoms with van der Waals surface area (Å²) in [5.41, 5.74) is 3.35. The van der Waals surface area contributed by atoms with Crippen molar-refractivity contribution in [3.05, 3.63) is 238 Å². The van der Waals surface area contributed by atoms with E-state index in [1.807, 2.05) is 109 Å². The minimum Gasteiger partial charge on any atom is -0.455 e. The molecular formula is C47H38N2O5. The quantitative estimate of drug-likeness (QED) is 0.126.